The van der Waals surface area contributed by atoms with Crippen LogP contribution in [0, 0.1) is 5.82 Å². The van der Waals surface area contributed by atoms with Crippen LogP contribution in [0.5, 0.6) is 0 Å². The normalized spacial score (nSPS) is 15.5. The zero-order valence-electron chi connectivity index (χ0n) is 18.4. The van der Waals surface area contributed by atoms with Crippen molar-refractivity contribution in [3.8, 4) is 0 Å². The highest BCUT2D eigenvalue weighted by Crippen LogP contribution is 2.26. The van der Waals surface area contributed by atoms with Crippen molar-refractivity contribution >= 4 is 12.3 Å². The molecule has 0 radical (unpaired) electrons. The first-order valence-electron chi connectivity index (χ1n) is 10.5. The van der Waals surface area contributed by atoms with Crippen LogP contribution in [0.2, 0.25) is 0 Å². The van der Waals surface area contributed by atoms with Gasteiger partial charge in [0.05, 0.1) is 0 Å². The second kappa shape index (κ2) is 10.8. The lowest BCUT2D eigenvalue weighted by atomic mass is 10.1. The number of aldehydes is 1. The highest BCUT2D eigenvalue weighted by Gasteiger charge is 2.35. The van der Waals surface area contributed by atoms with Gasteiger partial charge in [-0.2, -0.15) is 0 Å². The molecule has 0 aliphatic carbocycles. The number of amides is 2. The molecular formula is C24H29FN4O3. The van der Waals surface area contributed by atoms with Gasteiger partial charge < -0.3 is 20.2 Å². The molecule has 2 aromatic carbocycles. The van der Waals surface area contributed by atoms with Gasteiger partial charge in [-0.3, -0.25) is 9.69 Å². The number of aliphatic hydroxyl groups excluding tert-OH is 1. The van der Waals surface area contributed by atoms with Crippen LogP contribution < -0.4 is 5.32 Å². The van der Waals surface area contributed by atoms with E-state index in [0.29, 0.717) is 37.4 Å². The monoisotopic (exact) mass is 440 g/mol. The van der Waals surface area contributed by atoms with Crippen molar-refractivity contribution in [3.63, 3.8) is 0 Å². The summed E-state index contributed by atoms with van der Waals surface area (Å²) >= 11 is 0. The van der Waals surface area contributed by atoms with Gasteiger partial charge in [0, 0.05) is 40.2 Å². The van der Waals surface area contributed by atoms with Crippen LogP contribution >= 0.6 is 0 Å². The molecule has 2 aromatic rings. The lowest BCUT2D eigenvalue weighted by Gasteiger charge is -2.28. The minimum absolute atomic E-state index is 0.0115. The molecule has 0 aromatic heterocycles. The van der Waals surface area contributed by atoms with Crippen molar-refractivity contribution in [2.45, 2.75) is 25.6 Å². The fraction of sp³-hybridized carbons (Fsp3) is 0.333. The molecule has 1 aliphatic heterocycles. The number of hydrogen-bond donors (Lipinski definition) is 2. The number of urea groups is 1. The maximum Gasteiger partial charge on any atom is 0.325 e. The molecule has 0 fully saturated rings. The quantitative estimate of drug-likeness (QED) is 0.586. The second-order valence-corrected chi connectivity index (χ2v) is 7.80. The molecule has 3 rings (SSSR count). The molecule has 1 heterocycles. The summed E-state index contributed by atoms with van der Waals surface area (Å²) in [7, 11) is 3.26. The van der Waals surface area contributed by atoms with E-state index in [0.717, 1.165) is 17.4 Å². The highest BCUT2D eigenvalue weighted by atomic mass is 19.1. The smallest absolute Gasteiger partial charge is 0.325 e. The molecule has 7 nitrogen and oxygen atoms in total. The Kier molecular flexibility index (Phi) is 7.83. The van der Waals surface area contributed by atoms with Crippen LogP contribution in [-0.2, 0) is 17.8 Å². The van der Waals surface area contributed by atoms with Crippen LogP contribution in [0.1, 0.15) is 17.5 Å². The first-order chi connectivity index (χ1) is 15.4. The minimum Gasteiger partial charge on any atom is -0.396 e. The summed E-state index contributed by atoms with van der Waals surface area (Å²) in [6, 6.07) is 15.8. The number of allylic oxidation sites excluding steroid dienone is 1. The maximum atomic E-state index is 13.8. The van der Waals surface area contributed by atoms with E-state index in [4.69, 9.17) is 5.11 Å². The number of rotatable bonds is 9. The SMILES string of the molecule is CN(CCCO)C(=O)N(C)C1=C(C=O)N(Cc2ccccc2)C(Cc2cccc(F)c2)N1. The van der Waals surface area contributed by atoms with Crippen molar-refractivity contribution < 1.29 is 19.1 Å². The van der Waals surface area contributed by atoms with E-state index in [1.807, 2.05) is 41.3 Å². The number of carbonyl (C=O) groups excluding carboxylic acids is 2. The summed E-state index contributed by atoms with van der Waals surface area (Å²) in [4.78, 5) is 29.8. The third-order valence-electron chi connectivity index (χ3n) is 5.46. The number of aliphatic hydroxyl groups is 1. The Bertz CT molecular complexity index is 967. The van der Waals surface area contributed by atoms with Crippen LogP contribution in [-0.4, -0.2) is 65.5 Å². The van der Waals surface area contributed by atoms with E-state index in [1.54, 1.807) is 20.2 Å². The van der Waals surface area contributed by atoms with Gasteiger partial charge in [-0.15, -0.1) is 0 Å². The van der Waals surface area contributed by atoms with E-state index < -0.39 is 0 Å². The number of hydrogen-bond acceptors (Lipinski definition) is 5. The molecular weight excluding hydrogens is 411 g/mol. The standard InChI is InChI=1S/C24H29FN4O3/c1-27(12-7-13-30)24(32)28(2)23-21(17-31)29(16-18-8-4-3-5-9-18)22(26-23)15-19-10-6-11-20(25)14-19/h3-6,8-11,14,17,22,26,30H,7,12-13,15-16H2,1-2H3. The molecule has 0 spiro atoms. The van der Waals surface area contributed by atoms with E-state index in [-0.39, 0.29) is 24.6 Å². The number of carbonyl (C=O) groups is 2. The lowest BCUT2D eigenvalue weighted by molar-refractivity contribution is -0.106. The number of halogens is 1. The molecule has 2 amide bonds. The van der Waals surface area contributed by atoms with Gasteiger partial charge in [0.25, 0.3) is 0 Å². The zero-order chi connectivity index (χ0) is 23.1. The molecule has 1 atom stereocenters. The molecule has 1 unspecified atom stereocenters. The molecule has 0 saturated carbocycles. The summed E-state index contributed by atoms with van der Waals surface area (Å²) in [5, 5.41) is 12.3. The average molecular weight is 441 g/mol. The number of benzene rings is 2. The van der Waals surface area contributed by atoms with Crippen molar-refractivity contribution in [2.75, 3.05) is 27.2 Å². The van der Waals surface area contributed by atoms with Gasteiger partial charge in [-0.25, -0.2) is 9.18 Å². The Balaban J connectivity index is 1.89. The van der Waals surface area contributed by atoms with Crippen LogP contribution in [0.15, 0.2) is 66.1 Å². The largest absolute Gasteiger partial charge is 0.396 e. The predicted octanol–water partition coefficient (Wildman–Crippen LogP) is 2.53. The maximum absolute atomic E-state index is 13.8. The van der Waals surface area contributed by atoms with Gasteiger partial charge in [0.2, 0.25) is 0 Å². The van der Waals surface area contributed by atoms with Crippen molar-refractivity contribution in [3.05, 3.63) is 83.1 Å². The van der Waals surface area contributed by atoms with Gasteiger partial charge in [0.15, 0.2) is 6.29 Å². The van der Waals surface area contributed by atoms with Crippen molar-refractivity contribution in [1.82, 2.24) is 20.0 Å². The molecule has 1 aliphatic rings. The Morgan fingerprint density at radius 3 is 2.53 bits per heavy atom. The molecule has 170 valence electrons. The minimum atomic E-state index is -0.342. The van der Waals surface area contributed by atoms with Gasteiger partial charge in [-0.1, -0.05) is 42.5 Å². The third kappa shape index (κ3) is 5.45. The molecule has 32 heavy (non-hydrogen) atoms. The van der Waals surface area contributed by atoms with Gasteiger partial charge in [-0.05, 0) is 29.7 Å². The van der Waals surface area contributed by atoms with Crippen LogP contribution in [0.25, 0.3) is 0 Å². The Morgan fingerprint density at radius 2 is 1.88 bits per heavy atom. The summed E-state index contributed by atoms with van der Waals surface area (Å²) in [5.74, 6) is 0.0786. The highest BCUT2D eigenvalue weighted by molar-refractivity contribution is 5.80. The fourth-order valence-electron chi connectivity index (χ4n) is 3.78. The van der Waals surface area contributed by atoms with Crippen molar-refractivity contribution in [2.24, 2.45) is 0 Å². The summed E-state index contributed by atoms with van der Waals surface area (Å²) < 4.78 is 13.8. The average Bonchev–Trinajstić information content (AvgIpc) is 3.13. The Hall–Kier alpha value is -3.39. The van der Waals surface area contributed by atoms with Crippen LogP contribution in [0.4, 0.5) is 9.18 Å². The van der Waals surface area contributed by atoms with E-state index in [2.05, 4.69) is 5.32 Å². The summed E-state index contributed by atoms with van der Waals surface area (Å²) in [5.41, 5.74) is 2.15. The van der Waals surface area contributed by atoms with Gasteiger partial charge >= 0.3 is 6.03 Å². The predicted molar refractivity (Wildman–Crippen MR) is 120 cm³/mol. The number of nitrogens with one attached hydrogen (secondary N) is 1. The first-order valence-corrected chi connectivity index (χ1v) is 10.5. The summed E-state index contributed by atoms with van der Waals surface area (Å²) in [6.07, 6.45) is 1.30. The fourth-order valence-corrected chi connectivity index (χ4v) is 3.78. The van der Waals surface area contributed by atoms with E-state index in [9.17, 15) is 14.0 Å². The van der Waals surface area contributed by atoms with E-state index >= 15 is 0 Å². The zero-order valence-corrected chi connectivity index (χ0v) is 18.4. The number of nitrogens with zero attached hydrogens (tertiary/aromatic N) is 3. The summed E-state index contributed by atoms with van der Waals surface area (Å²) in [6.45, 7) is 0.833. The van der Waals surface area contributed by atoms with Crippen LogP contribution in [0.3, 0.4) is 0 Å². The first kappa shape index (κ1) is 23.3. The second-order valence-electron chi connectivity index (χ2n) is 7.80. The topological polar surface area (TPSA) is 76.1 Å². The lowest BCUT2D eigenvalue weighted by Crippen LogP contribution is -2.44. The van der Waals surface area contributed by atoms with Gasteiger partial charge in [0.1, 0.15) is 23.5 Å². The molecule has 2 N–H and O–H groups in total. The van der Waals surface area contributed by atoms with Crippen molar-refractivity contribution in [1.29, 1.82) is 0 Å². The molecule has 8 heteroatoms. The third-order valence-corrected chi connectivity index (χ3v) is 5.46. The molecule has 0 saturated heterocycles. The van der Waals surface area contributed by atoms with E-state index in [1.165, 1.54) is 21.9 Å². The Labute approximate surface area is 187 Å². The Morgan fingerprint density at radius 1 is 1.16 bits per heavy atom. The molecule has 0 bridgehead atoms.